The van der Waals surface area contributed by atoms with Crippen LogP contribution in [0.2, 0.25) is 0 Å². The highest BCUT2D eigenvalue weighted by Crippen LogP contribution is 2.20. The number of ether oxygens (including phenoxy) is 1. The lowest BCUT2D eigenvalue weighted by atomic mass is 10.3. The predicted octanol–water partition coefficient (Wildman–Crippen LogP) is 0.821. The van der Waals surface area contributed by atoms with Crippen LogP contribution in [0.15, 0.2) is 4.52 Å². The van der Waals surface area contributed by atoms with Crippen molar-refractivity contribution in [2.24, 2.45) is 5.73 Å². The Morgan fingerprint density at radius 2 is 2.20 bits per heavy atom. The van der Waals surface area contributed by atoms with E-state index in [0.717, 1.165) is 0 Å². The van der Waals surface area contributed by atoms with Gasteiger partial charge in [-0.25, -0.2) is 0 Å². The Labute approximate surface area is 83.4 Å². The van der Waals surface area contributed by atoms with Crippen LogP contribution in [0.1, 0.15) is 17.8 Å². The zero-order valence-electron chi connectivity index (χ0n) is 7.91. The lowest BCUT2D eigenvalue weighted by Gasteiger charge is -2.03. The minimum atomic E-state index is -4.35. The molecule has 0 spiro atoms. The summed E-state index contributed by atoms with van der Waals surface area (Å²) < 4.78 is 45.0. The number of aromatic nitrogens is 2. The zero-order chi connectivity index (χ0) is 11.5. The molecule has 2 N–H and O–H groups in total. The van der Waals surface area contributed by atoms with Crippen molar-refractivity contribution in [2.45, 2.75) is 18.6 Å². The van der Waals surface area contributed by atoms with Crippen LogP contribution in [0, 0.1) is 0 Å². The van der Waals surface area contributed by atoms with Crippen molar-refractivity contribution in [3.05, 3.63) is 11.7 Å². The van der Waals surface area contributed by atoms with Gasteiger partial charge in [-0.1, -0.05) is 5.16 Å². The van der Waals surface area contributed by atoms with Gasteiger partial charge in [0.2, 0.25) is 5.89 Å². The van der Waals surface area contributed by atoms with Crippen LogP contribution in [0.4, 0.5) is 13.2 Å². The molecule has 0 saturated carbocycles. The molecule has 0 bridgehead atoms. The second kappa shape index (κ2) is 4.58. The van der Waals surface area contributed by atoms with Crippen LogP contribution in [0.3, 0.4) is 0 Å². The monoisotopic (exact) mass is 225 g/mol. The maximum absolute atomic E-state index is 11.9. The fourth-order valence-electron chi connectivity index (χ4n) is 0.920. The minimum absolute atomic E-state index is 0.0592. The van der Waals surface area contributed by atoms with Crippen LogP contribution in [0.5, 0.6) is 0 Å². The molecule has 0 fully saturated rings. The molecule has 0 amide bonds. The highest BCUT2D eigenvalue weighted by molar-refractivity contribution is 4.93. The number of rotatable bonds is 4. The van der Waals surface area contributed by atoms with E-state index < -0.39 is 24.5 Å². The van der Waals surface area contributed by atoms with Crippen molar-refractivity contribution < 1.29 is 22.4 Å². The summed E-state index contributed by atoms with van der Waals surface area (Å²) in [4.78, 5) is 3.51. The summed E-state index contributed by atoms with van der Waals surface area (Å²) in [7, 11) is 1.41. The average molecular weight is 225 g/mol. The molecule has 0 aliphatic heterocycles. The van der Waals surface area contributed by atoms with Gasteiger partial charge in [0.15, 0.2) is 5.82 Å². The molecule has 15 heavy (non-hydrogen) atoms. The third-order valence-corrected chi connectivity index (χ3v) is 1.51. The number of hydrogen-bond donors (Lipinski definition) is 1. The van der Waals surface area contributed by atoms with Gasteiger partial charge in [-0.2, -0.15) is 18.2 Å². The first-order valence-corrected chi connectivity index (χ1v) is 4.06. The van der Waals surface area contributed by atoms with Crippen LogP contribution in [-0.2, 0) is 11.2 Å². The molecule has 5 nitrogen and oxygen atoms in total. The van der Waals surface area contributed by atoms with Crippen molar-refractivity contribution in [1.82, 2.24) is 10.1 Å². The molecule has 0 aliphatic rings. The Kier molecular flexibility index (Phi) is 3.64. The number of halogens is 3. The SMILES string of the molecule is COCC(N)c1nc(CC(F)(F)F)no1. The maximum Gasteiger partial charge on any atom is 0.396 e. The van der Waals surface area contributed by atoms with E-state index in [-0.39, 0.29) is 12.5 Å². The van der Waals surface area contributed by atoms with Gasteiger partial charge in [0.1, 0.15) is 12.5 Å². The van der Waals surface area contributed by atoms with Gasteiger partial charge in [-0.15, -0.1) is 0 Å². The molecule has 8 heteroatoms. The summed E-state index contributed by atoms with van der Waals surface area (Å²) in [6, 6.07) is -0.704. The summed E-state index contributed by atoms with van der Waals surface area (Å²) in [5.74, 6) is -0.486. The number of nitrogens with two attached hydrogens (primary N) is 1. The standard InChI is InChI=1S/C7H10F3N3O2/c1-14-3-4(11)6-12-5(13-15-6)2-7(8,9)10/h4H,2-3,11H2,1H3. The fraction of sp³-hybridized carbons (Fsp3) is 0.714. The number of alkyl halides is 3. The molecule has 1 heterocycles. The van der Waals surface area contributed by atoms with Crippen LogP contribution < -0.4 is 5.73 Å². The highest BCUT2D eigenvalue weighted by Gasteiger charge is 2.31. The summed E-state index contributed by atoms with van der Waals surface area (Å²) in [5.41, 5.74) is 5.48. The molecular weight excluding hydrogens is 215 g/mol. The number of nitrogens with zero attached hydrogens (tertiary/aromatic N) is 2. The third-order valence-electron chi connectivity index (χ3n) is 1.51. The molecule has 1 atom stereocenters. The highest BCUT2D eigenvalue weighted by atomic mass is 19.4. The van der Waals surface area contributed by atoms with Gasteiger partial charge in [-0.05, 0) is 0 Å². The Morgan fingerprint density at radius 3 is 2.73 bits per heavy atom. The lowest BCUT2D eigenvalue weighted by molar-refractivity contribution is -0.128. The quantitative estimate of drug-likeness (QED) is 0.821. The Morgan fingerprint density at radius 1 is 1.53 bits per heavy atom. The second-order valence-electron chi connectivity index (χ2n) is 2.90. The van der Waals surface area contributed by atoms with Crippen LogP contribution in [0.25, 0.3) is 0 Å². The molecular formula is C7H10F3N3O2. The van der Waals surface area contributed by atoms with Crippen molar-refractivity contribution in [1.29, 1.82) is 0 Å². The van der Waals surface area contributed by atoms with E-state index in [1.165, 1.54) is 7.11 Å². The Balaban J connectivity index is 2.64. The average Bonchev–Trinajstić information content (AvgIpc) is 2.50. The molecule has 1 aromatic rings. The third kappa shape index (κ3) is 3.84. The van der Waals surface area contributed by atoms with Crippen molar-refractivity contribution in [3.8, 4) is 0 Å². The largest absolute Gasteiger partial charge is 0.396 e. The molecule has 1 rings (SSSR count). The van der Waals surface area contributed by atoms with E-state index in [1.807, 2.05) is 0 Å². The van der Waals surface area contributed by atoms with E-state index in [0.29, 0.717) is 0 Å². The summed E-state index contributed by atoms with van der Waals surface area (Å²) in [6.45, 7) is 0.105. The molecule has 1 aromatic heterocycles. The predicted molar refractivity (Wildman–Crippen MR) is 42.9 cm³/mol. The first-order chi connectivity index (χ1) is 6.92. The van der Waals surface area contributed by atoms with Crippen molar-refractivity contribution in [3.63, 3.8) is 0 Å². The van der Waals surface area contributed by atoms with Gasteiger partial charge >= 0.3 is 6.18 Å². The molecule has 0 saturated heterocycles. The molecule has 0 aliphatic carbocycles. The second-order valence-corrected chi connectivity index (χ2v) is 2.90. The summed E-state index contributed by atoms with van der Waals surface area (Å²) in [5, 5.41) is 3.16. The van der Waals surface area contributed by atoms with E-state index in [2.05, 4.69) is 14.7 Å². The number of hydrogen-bond acceptors (Lipinski definition) is 5. The molecule has 0 radical (unpaired) electrons. The minimum Gasteiger partial charge on any atom is -0.383 e. The zero-order valence-corrected chi connectivity index (χ0v) is 7.91. The molecule has 0 aromatic carbocycles. The van der Waals surface area contributed by atoms with Crippen molar-refractivity contribution >= 4 is 0 Å². The van der Waals surface area contributed by atoms with Gasteiger partial charge in [0, 0.05) is 7.11 Å². The van der Waals surface area contributed by atoms with E-state index in [4.69, 9.17) is 10.5 Å². The van der Waals surface area contributed by atoms with Gasteiger partial charge in [0.05, 0.1) is 6.61 Å². The first kappa shape index (κ1) is 11.9. The Hall–Kier alpha value is -1.15. The summed E-state index contributed by atoms with van der Waals surface area (Å²) >= 11 is 0. The van der Waals surface area contributed by atoms with Gasteiger partial charge in [-0.3, -0.25) is 0 Å². The van der Waals surface area contributed by atoms with E-state index >= 15 is 0 Å². The molecule has 86 valence electrons. The lowest BCUT2D eigenvalue weighted by Crippen LogP contribution is -2.17. The fourth-order valence-corrected chi connectivity index (χ4v) is 0.920. The van der Waals surface area contributed by atoms with Gasteiger partial charge in [0.25, 0.3) is 0 Å². The first-order valence-electron chi connectivity index (χ1n) is 4.06. The van der Waals surface area contributed by atoms with Crippen LogP contribution in [-0.4, -0.2) is 30.0 Å². The van der Waals surface area contributed by atoms with Crippen LogP contribution >= 0.6 is 0 Å². The Bertz CT molecular complexity index is 313. The smallest absolute Gasteiger partial charge is 0.383 e. The normalized spacial score (nSPS) is 14.2. The topological polar surface area (TPSA) is 74.2 Å². The number of methoxy groups -OCH3 is 1. The molecule has 1 unspecified atom stereocenters. The summed E-state index contributed by atoms with van der Waals surface area (Å²) in [6.07, 6.45) is -5.58. The van der Waals surface area contributed by atoms with Gasteiger partial charge < -0.3 is 15.0 Å². The maximum atomic E-state index is 11.9. The van der Waals surface area contributed by atoms with E-state index in [1.54, 1.807) is 0 Å². The van der Waals surface area contributed by atoms with E-state index in [9.17, 15) is 13.2 Å². The van der Waals surface area contributed by atoms with Crippen molar-refractivity contribution in [2.75, 3.05) is 13.7 Å².